The molecular weight excluding hydrogens is 246 g/mol. The Hall–Kier alpha value is -1.54. The minimum atomic E-state index is -0.0700. The highest BCUT2D eigenvalue weighted by atomic mass is 16.5. The fraction of sp³-hybridized carbons (Fsp3) is 0.444. The zero-order chi connectivity index (χ0) is 13.7. The summed E-state index contributed by atoms with van der Waals surface area (Å²) in [5.74, 6) is 0.627. The van der Waals surface area contributed by atoms with Crippen LogP contribution in [0.5, 0.6) is 0 Å². The fourth-order valence-corrected chi connectivity index (χ4v) is 4.21. The van der Waals surface area contributed by atoms with E-state index in [4.69, 9.17) is 4.74 Å². The minimum Gasteiger partial charge on any atom is -0.365 e. The third kappa shape index (κ3) is 1.61. The van der Waals surface area contributed by atoms with Crippen molar-refractivity contribution in [3.05, 3.63) is 54.6 Å². The Morgan fingerprint density at radius 2 is 2.20 bits per heavy atom. The molecular formula is C18H21NO. The molecule has 2 saturated heterocycles. The lowest BCUT2D eigenvalue weighted by atomic mass is 9.80. The first kappa shape index (κ1) is 12.2. The second-order valence-corrected chi connectivity index (χ2v) is 6.47. The molecule has 4 rings (SSSR count). The SMILES string of the molecule is C=C(C)CC1N(c2ccccc2)CC2C[C@H]3C=C[C@]21O3. The largest absolute Gasteiger partial charge is 0.365 e. The van der Waals surface area contributed by atoms with Crippen LogP contribution in [0.2, 0.25) is 0 Å². The first-order chi connectivity index (χ1) is 9.69. The number of nitrogens with zero attached hydrogens (tertiary/aromatic N) is 1. The van der Waals surface area contributed by atoms with E-state index in [0.29, 0.717) is 18.1 Å². The van der Waals surface area contributed by atoms with E-state index >= 15 is 0 Å². The summed E-state index contributed by atoms with van der Waals surface area (Å²) < 4.78 is 6.36. The van der Waals surface area contributed by atoms with Gasteiger partial charge in [0.2, 0.25) is 0 Å². The average molecular weight is 267 g/mol. The van der Waals surface area contributed by atoms with Crippen LogP contribution in [0.25, 0.3) is 0 Å². The van der Waals surface area contributed by atoms with E-state index in [1.165, 1.54) is 17.7 Å². The lowest BCUT2D eigenvalue weighted by Gasteiger charge is -2.35. The predicted octanol–water partition coefficient (Wildman–Crippen LogP) is 3.56. The van der Waals surface area contributed by atoms with Gasteiger partial charge in [-0.15, -0.1) is 6.58 Å². The fourth-order valence-electron chi connectivity index (χ4n) is 4.21. The highest BCUT2D eigenvalue weighted by Crippen LogP contribution is 2.53. The molecule has 2 fully saturated rings. The number of rotatable bonds is 3. The third-order valence-electron chi connectivity index (χ3n) is 5.03. The summed E-state index contributed by atoms with van der Waals surface area (Å²) in [6, 6.07) is 11.1. The zero-order valence-electron chi connectivity index (χ0n) is 12.0. The number of para-hydroxylation sites is 1. The molecule has 3 heterocycles. The molecule has 0 saturated carbocycles. The maximum Gasteiger partial charge on any atom is 0.112 e. The quantitative estimate of drug-likeness (QED) is 0.776. The van der Waals surface area contributed by atoms with Crippen molar-refractivity contribution in [3.63, 3.8) is 0 Å². The second-order valence-electron chi connectivity index (χ2n) is 6.47. The van der Waals surface area contributed by atoms with Gasteiger partial charge in [-0.2, -0.15) is 0 Å². The number of hydrogen-bond acceptors (Lipinski definition) is 2. The standard InChI is InChI=1S/C18H21NO/c1-13(2)10-17-18-9-8-16(20-18)11-14(18)12-19(17)15-6-4-3-5-7-15/h3-9,14,16-17H,1,10-12H2,2H3/t14?,16-,17?,18+/m1/s1. The van der Waals surface area contributed by atoms with E-state index in [2.05, 4.69) is 60.9 Å². The molecule has 2 unspecified atom stereocenters. The summed E-state index contributed by atoms with van der Waals surface area (Å²) in [6.45, 7) is 7.36. The molecule has 3 aliphatic rings. The normalized spacial score (nSPS) is 37.5. The predicted molar refractivity (Wildman–Crippen MR) is 81.9 cm³/mol. The smallest absolute Gasteiger partial charge is 0.112 e. The molecule has 3 aliphatic heterocycles. The lowest BCUT2D eigenvalue weighted by molar-refractivity contribution is 0.0116. The molecule has 0 aliphatic carbocycles. The van der Waals surface area contributed by atoms with Gasteiger partial charge in [0.25, 0.3) is 0 Å². The zero-order valence-corrected chi connectivity index (χ0v) is 12.0. The number of benzene rings is 1. The molecule has 1 aromatic carbocycles. The molecule has 0 aromatic heterocycles. The summed E-state index contributed by atoms with van der Waals surface area (Å²) in [5.41, 5.74) is 2.47. The van der Waals surface area contributed by atoms with E-state index < -0.39 is 0 Å². The number of anilines is 1. The molecule has 20 heavy (non-hydrogen) atoms. The van der Waals surface area contributed by atoms with E-state index in [0.717, 1.165) is 13.0 Å². The van der Waals surface area contributed by atoms with Gasteiger partial charge < -0.3 is 9.64 Å². The van der Waals surface area contributed by atoms with Crippen LogP contribution in [0.3, 0.4) is 0 Å². The molecule has 0 amide bonds. The Labute approximate surface area is 120 Å². The topological polar surface area (TPSA) is 12.5 Å². The number of ether oxygens (including phenoxy) is 1. The molecule has 2 bridgehead atoms. The van der Waals surface area contributed by atoms with Crippen LogP contribution in [-0.2, 0) is 4.74 Å². The average Bonchev–Trinajstić information content (AvgIpc) is 3.09. The highest BCUT2D eigenvalue weighted by Gasteiger charge is 2.60. The monoisotopic (exact) mass is 267 g/mol. The van der Waals surface area contributed by atoms with Crippen molar-refractivity contribution in [3.8, 4) is 0 Å². The van der Waals surface area contributed by atoms with Crippen molar-refractivity contribution >= 4 is 5.69 Å². The van der Waals surface area contributed by atoms with E-state index in [9.17, 15) is 0 Å². The van der Waals surface area contributed by atoms with Gasteiger partial charge in [-0.25, -0.2) is 0 Å². The van der Waals surface area contributed by atoms with Crippen molar-refractivity contribution in [2.45, 2.75) is 37.5 Å². The Morgan fingerprint density at radius 3 is 2.90 bits per heavy atom. The first-order valence-corrected chi connectivity index (χ1v) is 7.52. The van der Waals surface area contributed by atoms with Crippen LogP contribution in [0.1, 0.15) is 19.8 Å². The van der Waals surface area contributed by atoms with E-state index in [1.807, 2.05) is 0 Å². The van der Waals surface area contributed by atoms with Gasteiger partial charge in [-0.05, 0) is 31.9 Å². The summed E-state index contributed by atoms with van der Waals surface area (Å²) >= 11 is 0. The second kappa shape index (κ2) is 4.23. The van der Waals surface area contributed by atoms with Crippen molar-refractivity contribution in [2.75, 3.05) is 11.4 Å². The molecule has 0 N–H and O–H groups in total. The number of fused-ring (bicyclic) bond motifs is 1. The summed E-state index contributed by atoms with van der Waals surface area (Å²) in [5, 5.41) is 0. The van der Waals surface area contributed by atoms with Gasteiger partial charge >= 0.3 is 0 Å². The van der Waals surface area contributed by atoms with Crippen molar-refractivity contribution in [1.82, 2.24) is 0 Å². The van der Waals surface area contributed by atoms with Crippen LogP contribution in [0.4, 0.5) is 5.69 Å². The van der Waals surface area contributed by atoms with Gasteiger partial charge in [-0.1, -0.05) is 35.9 Å². The highest BCUT2D eigenvalue weighted by molar-refractivity contribution is 5.52. The molecule has 0 radical (unpaired) electrons. The van der Waals surface area contributed by atoms with Crippen molar-refractivity contribution in [2.24, 2.45) is 5.92 Å². The van der Waals surface area contributed by atoms with E-state index in [1.54, 1.807) is 0 Å². The maximum atomic E-state index is 6.36. The number of hydrogen-bond donors (Lipinski definition) is 0. The van der Waals surface area contributed by atoms with Gasteiger partial charge in [-0.3, -0.25) is 0 Å². The minimum absolute atomic E-state index is 0.0700. The van der Waals surface area contributed by atoms with Gasteiger partial charge in [0.1, 0.15) is 5.60 Å². The van der Waals surface area contributed by atoms with Gasteiger partial charge in [0.05, 0.1) is 12.1 Å². The van der Waals surface area contributed by atoms with Crippen LogP contribution >= 0.6 is 0 Å². The van der Waals surface area contributed by atoms with Crippen LogP contribution in [-0.4, -0.2) is 24.3 Å². The van der Waals surface area contributed by atoms with Crippen LogP contribution in [0, 0.1) is 5.92 Å². The molecule has 2 nitrogen and oxygen atoms in total. The van der Waals surface area contributed by atoms with Crippen LogP contribution < -0.4 is 4.90 Å². The Morgan fingerprint density at radius 1 is 1.40 bits per heavy atom. The van der Waals surface area contributed by atoms with E-state index in [-0.39, 0.29) is 5.60 Å². The third-order valence-corrected chi connectivity index (χ3v) is 5.03. The summed E-state index contributed by atoms with van der Waals surface area (Å²) in [4.78, 5) is 2.53. The summed E-state index contributed by atoms with van der Waals surface area (Å²) in [6.07, 6.45) is 7.12. The molecule has 1 aromatic rings. The molecule has 104 valence electrons. The molecule has 2 heteroatoms. The first-order valence-electron chi connectivity index (χ1n) is 7.52. The Balaban J connectivity index is 1.73. The Kier molecular flexibility index (Phi) is 2.58. The van der Waals surface area contributed by atoms with Crippen LogP contribution in [0.15, 0.2) is 54.6 Å². The lowest BCUT2D eigenvalue weighted by Crippen LogP contribution is -2.44. The molecule has 4 atom stereocenters. The summed E-state index contributed by atoms with van der Waals surface area (Å²) in [7, 11) is 0. The van der Waals surface area contributed by atoms with Crippen molar-refractivity contribution < 1.29 is 4.74 Å². The van der Waals surface area contributed by atoms with Crippen molar-refractivity contribution in [1.29, 1.82) is 0 Å². The van der Waals surface area contributed by atoms with Gasteiger partial charge in [0.15, 0.2) is 0 Å². The van der Waals surface area contributed by atoms with Gasteiger partial charge in [0, 0.05) is 18.2 Å². The Bertz CT molecular complexity index is 564. The maximum absolute atomic E-state index is 6.36. The molecule has 1 spiro atoms.